The Labute approximate surface area is 121 Å². The van der Waals surface area contributed by atoms with Crippen molar-refractivity contribution in [2.45, 2.75) is 40.0 Å². The first-order chi connectivity index (χ1) is 9.63. The Morgan fingerprint density at radius 3 is 2.80 bits per heavy atom. The Hall–Kier alpha value is -1.36. The Morgan fingerprint density at radius 1 is 1.45 bits per heavy atom. The molecule has 0 radical (unpaired) electrons. The molecule has 0 aromatic carbocycles. The number of aryl methyl sites for hydroxylation is 2. The van der Waals surface area contributed by atoms with E-state index in [0.717, 1.165) is 49.6 Å². The quantitative estimate of drug-likeness (QED) is 0.864. The van der Waals surface area contributed by atoms with Gasteiger partial charge in [-0.3, -0.25) is 9.89 Å². The van der Waals surface area contributed by atoms with Crippen LogP contribution in [0.5, 0.6) is 0 Å². The van der Waals surface area contributed by atoms with E-state index in [4.69, 9.17) is 0 Å². The molecule has 1 saturated heterocycles. The molecule has 20 heavy (non-hydrogen) atoms. The van der Waals surface area contributed by atoms with Crippen LogP contribution in [0.3, 0.4) is 0 Å². The summed E-state index contributed by atoms with van der Waals surface area (Å²) in [7, 11) is 0. The Kier molecular flexibility index (Phi) is 5.17. The van der Waals surface area contributed by atoms with Crippen LogP contribution in [-0.2, 0) is 0 Å². The fraction of sp³-hybridized carbons (Fsp3) is 0.733. The van der Waals surface area contributed by atoms with Crippen molar-refractivity contribution in [1.82, 2.24) is 20.4 Å². The molecule has 0 saturated carbocycles. The van der Waals surface area contributed by atoms with Gasteiger partial charge >= 0.3 is 0 Å². The fourth-order valence-electron chi connectivity index (χ4n) is 2.96. The first-order valence-corrected chi connectivity index (χ1v) is 7.65. The van der Waals surface area contributed by atoms with Gasteiger partial charge in [0.2, 0.25) is 0 Å². The van der Waals surface area contributed by atoms with E-state index >= 15 is 0 Å². The minimum absolute atomic E-state index is 0.126. The number of carbonyl (C=O) groups is 1. The largest absolute Gasteiger partial charge is 0.338 e. The molecule has 0 spiro atoms. The van der Waals surface area contributed by atoms with Crippen LogP contribution in [0, 0.1) is 19.8 Å². The topological polar surface area (TPSA) is 61.0 Å². The number of aromatic amines is 1. The molecule has 1 fully saturated rings. The number of nitrogens with one attached hydrogen (secondary N) is 2. The number of nitrogens with zero attached hydrogens (tertiary/aromatic N) is 2. The molecule has 1 aromatic heterocycles. The molecule has 0 aliphatic carbocycles. The summed E-state index contributed by atoms with van der Waals surface area (Å²) in [4.78, 5) is 14.8. The van der Waals surface area contributed by atoms with Crippen molar-refractivity contribution in [2.24, 2.45) is 5.92 Å². The SMILES string of the molecule is CCCN(CC1CCCNC1)C(=O)c1c(C)n[nH]c1C. The summed E-state index contributed by atoms with van der Waals surface area (Å²) < 4.78 is 0. The molecule has 0 bridgehead atoms. The average Bonchev–Trinajstić information content (AvgIpc) is 2.78. The maximum atomic E-state index is 12.8. The van der Waals surface area contributed by atoms with E-state index in [1.165, 1.54) is 12.8 Å². The van der Waals surface area contributed by atoms with Crippen LogP contribution < -0.4 is 5.32 Å². The van der Waals surface area contributed by atoms with Gasteiger partial charge in [-0.05, 0) is 52.1 Å². The second kappa shape index (κ2) is 6.88. The zero-order valence-corrected chi connectivity index (χ0v) is 12.8. The van der Waals surface area contributed by atoms with E-state index in [0.29, 0.717) is 5.92 Å². The van der Waals surface area contributed by atoms with Gasteiger partial charge in [0, 0.05) is 18.8 Å². The van der Waals surface area contributed by atoms with Crippen molar-refractivity contribution in [1.29, 1.82) is 0 Å². The lowest BCUT2D eigenvalue weighted by Gasteiger charge is -2.30. The number of carbonyl (C=O) groups excluding carboxylic acids is 1. The van der Waals surface area contributed by atoms with E-state index in [1.807, 2.05) is 18.7 Å². The molecule has 1 unspecified atom stereocenters. The highest BCUT2D eigenvalue weighted by molar-refractivity contribution is 5.96. The maximum absolute atomic E-state index is 12.8. The van der Waals surface area contributed by atoms with Crippen molar-refractivity contribution in [3.63, 3.8) is 0 Å². The van der Waals surface area contributed by atoms with E-state index in [-0.39, 0.29) is 5.91 Å². The van der Waals surface area contributed by atoms with E-state index in [9.17, 15) is 4.79 Å². The van der Waals surface area contributed by atoms with Gasteiger partial charge in [0.1, 0.15) is 0 Å². The average molecular weight is 278 g/mol. The summed E-state index contributed by atoms with van der Waals surface area (Å²) >= 11 is 0. The number of H-pyrrole nitrogens is 1. The van der Waals surface area contributed by atoms with Gasteiger partial charge < -0.3 is 10.2 Å². The molecule has 5 nitrogen and oxygen atoms in total. The van der Waals surface area contributed by atoms with Gasteiger partial charge in [-0.25, -0.2) is 0 Å². The number of amides is 1. The predicted molar refractivity (Wildman–Crippen MR) is 79.8 cm³/mol. The number of hydrogen-bond acceptors (Lipinski definition) is 3. The maximum Gasteiger partial charge on any atom is 0.257 e. The summed E-state index contributed by atoms with van der Waals surface area (Å²) in [6.45, 7) is 9.73. The Morgan fingerprint density at radius 2 is 2.25 bits per heavy atom. The first-order valence-electron chi connectivity index (χ1n) is 7.65. The molecule has 1 aliphatic heterocycles. The van der Waals surface area contributed by atoms with Crippen LogP contribution in [0.15, 0.2) is 0 Å². The van der Waals surface area contributed by atoms with E-state index in [1.54, 1.807) is 0 Å². The van der Waals surface area contributed by atoms with Crippen molar-refractivity contribution < 1.29 is 4.79 Å². The third kappa shape index (κ3) is 3.39. The second-order valence-electron chi connectivity index (χ2n) is 5.77. The van der Waals surface area contributed by atoms with Crippen molar-refractivity contribution in [2.75, 3.05) is 26.2 Å². The zero-order chi connectivity index (χ0) is 14.5. The molecule has 2 heterocycles. The highest BCUT2D eigenvalue weighted by Gasteiger charge is 2.24. The third-order valence-corrected chi connectivity index (χ3v) is 4.00. The summed E-state index contributed by atoms with van der Waals surface area (Å²) in [5.74, 6) is 0.702. The summed E-state index contributed by atoms with van der Waals surface area (Å²) in [5.41, 5.74) is 2.42. The Bertz CT molecular complexity index is 429. The van der Waals surface area contributed by atoms with Crippen molar-refractivity contribution in [3.8, 4) is 0 Å². The molecule has 112 valence electrons. The van der Waals surface area contributed by atoms with Crippen LogP contribution in [0.2, 0.25) is 0 Å². The van der Waals surface area contributed by atoms with Crippen LogP contribution in [0.1, 0.15) is 47.9 Å². The summed E-state index contributed by atoms with van der Waals surface area (Å²) in [6.07, 6.45) is 3.41. The molecular formula is C15H26N4O. The van der Waals surface area contributed by atoms with Crippen molar-refractivity contribution >= 4 is 5.91 Å². The second-order valence-corrected chi connectivity index (χ2v) is 5.77. The van der Waals surface area contributed by atoms with Crippen LogP contribution >= 0.6 is 0 Å². The lowest BCUT2D eigenvalue weighted by molar-refractivity contribution is 0.0717. The standard InChI is InChI=1S/C15H26N4O/c1-4-8-19(10-13-6-5-7-16-9-13)15(20)14-11(2)17-18-12(14)3/h13,16H,4-10H2,1-3H3,(H,17,18). The van der Waals surface area contributed by atoms with Gasteiger partial charge in [-0.1, -0.05) is 6.92 Å². The molecule has 1 aliphatic rings. The number of hydrogen-bond donors (Lipinski definition) is 2. The van der Waals surface area contributed by atoms with Gasteiger partial charge in [-0.2, -0.15) is 5.10 Å². The molecule has 5 heteroatoms. The molecule has 2 N–H and O–H groups in total. The Balaban J connectivity index is 2.09. The summed E-state index contributed by atoms with van der Waals surface area (Å²) in [6, 6.07) is 0. The molecular weight excluding hydrogens is 252 g/mol. The minimum atomic E-state index is 0.126. The van der Waals surface area contributed by atoms with Gasteiger partial charge in [0.25, 0.3) is 5.91 Å². The smallest absolute Gasteiger partial charge is 0.257 e. The lowest BCUT2D eigenvalue weighted by Crippen LogP contribution is -2.41. The molecule has 1 atom stereocenters. The fourth-order valence-corrected chi connectivity index (χ4v) is 2.96. The molecule has 1 aromatic rings. The monoisotopic (exact) mass is 278 g/mol. The predicted octanol–water partition coefficient (Wildman–Crippen LogP) is 1.88. The van der Waals surface area contributed by atoms with Gasteiger partial charge in [-0.15, -0.1) is 0 Å². The number of piperidine rings is 1. The molecule has 1 amide bonds. The normalized spacial score (nSPS) is 19.1. The number of rotatable bonds is 5. The van der Waals surface area contributed by atoms with Gasteiger partial charge in [0.05, 0.1) is 11.3 Å². The molecule has 2 rings (SSSR count). The number of aromatic nitrogens is 2. The van der Waals surface area contributed by atoms with Crippen LogP contribution in [0.4, 0.5) is 0 Å². The highest BCUT2D eigenvalue weighted by Crippen LogP contribution is 2.17. The third-order valence-electron chi connectivity index (χ3n) is 4.00. The van der Waals surface area contributed by atoms with Gasteiger partial charge in [0.15, 0.2) is 0 Å². The zero-order valence-electron chi connectivity index (χ0n) is 12.8. The minimum Gasteiger partial charge on any atom is -0.338 e. The van der Waals surface area contributed by atoms with Crippen molar-refractivity contribution in [3.05, 3.63) is 17.0 Å². The first kappa shape index (κ1) is 15.0. The van der Waals surface area contributed by atoms with E-state index in [2.05, 4.69) is 22.4 Å². The summed E-state index contributed by atoms with van der Waals surface area (Å²) in [5, 5.41) is 10.5. The van der Waals surface area contributed by atoms with Crippen LogP contribution in [0.25, 0.3) is 0 Å². The van der Waals surface area contributed by atoms with Crippen LogP contribution in [-0.4, -0.2) is 47.2 Å². The van der Waals surface area contributed by atoms with E-state index < -0.39 is 0 Å². The highest BCUT2D eigenvalue weighted by atomic mass is 16.2. The lowest BCUT2D eigenvalue weighted by atomic mass is 9.98.